The van der Waals surface area contributed by atoms with Gasteiger partial charge in [0.25, 0.3) is 5.91 Å². The second kappa shape index (κ2) is 10.9. The van der Waals surface area contributed by atoms with E-state index in [1.165, 1.54) is 12.6 Å². The fourth-order valence-electron chi connectivity index (χ4n) is 4.55. The van der Waals surface area contributed by atoms with Gasteiger partial charge in [0.05, 0.1) is 35.0 Å². The summed E-state index contributed by atoms with van der Waals surface area (Å²) in [7, 11) is 0. The van der Waals surface area contributed by atoms with E-state index in [-0.39, 0.29) is 11.3 Å². The maximum atomic E-state index is 12.9. The van der Waals surface area contributed by atoms with Gasteiger partial charge < -0.3 is 14.7 Å². The average molecular weight is 530 g/mol. The van der Waals surface area contributed by atoms with Gasteiger partial charge >= 0.3 is 0 Å². The molecule has 1 aliphatic rings. The molecule has 1 fully saturated rings. The molecule has 11 heteroatoms. The highest BCUT2D eigenvalue weighted by Crippen LogP contribution is 2.26. The van der Waals surface area contributed by atoms with Crippen molar-refractivity contribution in [3.63, 3.8) is 0 Å². The number of pyridine rings is 2. The molecule has 204 valence electrons. The molecule has 1 saturated heterocycles. The van der Waals surface area contributed by atoms with Gasteiger partial charge in [0.15, 0.2) is 5.82 Å². The number of carbonyl (C=O) groups excluding carboxylic acids is 1. The van der Waals surface area contributed by atoms with Gasteiger partial charge in [0.1, 0.15) is 11.5 Å². The normalized spacial score (nSPS) is 14.5. The minimum atomic E-state index is -0.339. The zero-order valence-corrected chi connectivity index (χ0v) is 23.2. The number of rotatable bonds is 7. The highest BCUT2D eigenvalue weighted by Gasteiger charge is 2.21. The van der Waals surface area contributed by atoms with Crippen molar-refractivity contribution >= 4 is 17.4 Å². The van der Waals surface area contributed by atoms with Gasteiger partial charge in [-0.2, -0.15) is 0 Å². The molecule has 1 N–H and O–H groups in total. The lowest BCUT2D eigenvalue weighted by atomic mass is 9.93. The number of nitrogens with zero attached hydrogens (tertiary/aromatic N) is 8. The lowest BCUT2D eigenvalue weighted by Gasteiger charge is -2.35. The van der Waals surface area contributed by atoms with Gasteiger partial charge in [-0.05, 0) is 32.0 Å². The van der Waals surface area contributed by atoms with Crippen LogP contribution < -0.4 is 10.2 Å². The molecule has 0 atom stereocenters. The number of hydrogen-bond donors (Lipinski definition) is 1. The standard InChI is InChI=1S/C28H35N9O2/c1-6-7-35-8-10-36(11-9-35)22-12-20(15-29-17-22)23-18-37(34-32-23)24-13-21(16-30-19(24)2)27(38)31-26-14-25(39-33-26)28(3,4)5/h12-18H,6-11H2,1-5H3,(H,31,33,38). The molecule has 11 nitrogen and oxygen atoms in total. The summed E-state index contributed by atoms with van der Waals surface area (Å²) in [5, 5.41) is 15.5. The van der Waals surface area contributed by atoms with Crippen LogP contribution in [0.1, 0.15) is 55.9 Å². The van der Waals surface area contributed by atoms with E-state index in [1.807, 2.05) is 40.1 Å². The zero-order valence-electron chi connectivity index (χ0n) is 23.2. The molecule has 4 aromatic rings. The van der Waals surface area contributed by atoms with Crippen LogP contribution in [-0.2, 0) is 5.41 Å². The lowest BCUT2D eigenvalue weighted by Crippen LogP contribution is -2.46. The van der Waals surface area contributed by atoms with Crippen LogP contribution >= 0.6 is 0 Å². The molecule has 1 aliphatic heterocycles. The van der Waals surface area contributed by atoms with E-state index in [2.05, 4.69) is 53.5 Å². The number of aryl methyl sites for hydroxylation is 1. The Hall–Kier alpha value is -4.12. The van der Waals surface area contributed by atoms with Crippen molar-refractivity contribution in [1.82, 2.24) is 35.0 Å². The van der Waals surface area contributed by atoms with Crippen molar-refractivity contribution < 1.29 is 9.32 Å². The third-order valence-corrected chi connectivity index (χ3v) is 6.85. The monoisotopic (exact) mass is 529 g/mol. The summed E-state index contributed by atoms with van der Waals surface area (Å²) < 4.78 is 7.01. The van der Waals surface area contributed by atoms with E-state index >= 15 is 0 Å². The topological polar surface area (TPSA) is 118 Å². The smallest absolute Gasteiger partial charge is 0.258 e. The van der Waals surface area contributed by atoms with Crippen molar-refractivity contribution in [1.29, 1.82) is 0 Å². The van der Waals surface area contributed by atoms with Gasteiger partial charge in [0.2, 0.25) is 0 Å². The lowest BCUT2D eigenvalue weighted by molar-refractivity contribution is 0.102. The third-order valence-electron chi connectivity index (χ3n) is 6.85. The van der Waals surface area contributed by atoms with Crippen LogP contribution in [0.4, 0.5) is 11.5 Å². The molecule has 1 amide bonds. The summed E-state index contributed by atoms with van der Waals surface area (Å²) in [5.74, 6) is 0.705. The Kier molecular flexibility index (Phi) is 7.42. The molecule has 0 bridgehead atoms. The summed E-state index contributed by atoms with van der Waals surface area (Å²) in [6.45, 7) is 15.3. The van der Waals surface area contributed by atoms with E-state index in [0.29, 0.717) is 28.5 Å². The van der Waals surface area contributed by atoms with Crippen molar-refractivity contribution in [2.24, 2.45) is 0 Å². The first kappa shape index (κ1) is 26.5. The van der Waals surface area contributed by atoms with Gasteiger partial charge in [-0.25, -0.2) is 4.68 Å². The predicted molar refractivity (Wildman–Crippen MR) is 149 cm³/mol. The van der Waals surface area contributed by atoms with Crippen LogP contribution in [0.25, 0.3) is 16.9 Å². The van der Waals surface area contributed by atoms with Crippen molar-refractivity contribution in [3.05, 3.63) is 60.0 Å². The summed E-state index contributed by atoms with van der Waals surface area (Å²) in [6.07, 6.45) is 8.24. The van der Waals surface area contributed by atoms with Gasteiger partial charge in [-0.3, -0.25) is 19.7 Å². The van der Waals surface area contributed by atoms with Crippen molar-refractivity contribution in [2.45, 2.75) is 46.5 Å². The Labute approximate surface area is 228 Å². The molecule has 5 heterocycles. The maximum Gasteiger partial charge on any atom is 0.258 e. The fourth-order valence-corrected chi connectivity index (χ4v) is 4.55. The number of anilines is 2. The minimum Gasteiger partial charge on any atom is -0.368 e. The number of amides is 1. The number of aromatic nitrogens is 6. The largest absolute Gasteiger partial charge is 0.368 e. The van der Waals surface area contributed by atoms with E-state index in [1.54, 1.807) is 23.0 Å². The Morgan fingerprint density at radius 3 is 2.59 bits per heavy atom. The van der Waals surface area contributed by atoms with Gasteiger partial charge in [0, 0.05) is 55.6 Å². The molecule has 0 radical (unpaired) electrons. The predicted octanol–water partition coefficient (Wildman–Crippen LogP) is 4.10. The first-order valence-electron chi connectivity index (χ1n) is 13.3. The number of carbonyl (C=O) groups is 1. The molecule has 39 heavy (non-hydrogen) atoms. The SMILES string of the molecule is CCCN1CCN(c2cncc(-c3cn(-c4cc(C(=O)Nc5cc(C(C)(C)C)on5)cnc4C)nn3)c2)CC1. The van der Waals surface area contributed by atoms with E-state index in [0.717, 1.165) is 49.7 Å². The summed E-state index contributed by atoms with van der Waals surface area (Å²) in [4.78, 5) is 26.7. The van der Waals surface area contributed by atoms with E-state index < -0.39 is 0 Å². The molecule has 0 aromatic carbocycles. The first-order chi connectivity index (χ1) is 18.7. The highest BCUT2D eigenvalue weighted by molar-refractivity contribution is 6.03. The molecule has 5 rings (SSSR count). The second-order valence-electron chi connectivity index (χ2n) is 10.9. The van der Waals surface area contributed by atoms with Crippen LogP contribution in [0.2, 0.25) is 0 Å². The Bertz CT molecular complexity index is 1450. The average Bonchev–Trinajstić information content (AvgIpc) is 3.60. The number of piperazine rings is 1. The molecule has 0 aliphatic carbocycles. The quantitative estimate of drug-likeness (QED) is 0.377. The van der Waals surface area contributed by atoms with Gasteiger partial charge in [-0.1, -0.05) is 38.1 Å². The fraction of sp³-hybridized carbons (Fsp3) is 0.429. The van der Waals surface area contributed by atoms with Crippen molar-refractivity contribution in [3.8, 4) is 16.9 Å². The van der Waals surface area contributed by atoms with Gasteiger partial charge in [-0.15, -0.1) is 5.10 Å². The summed E-state index contributed by atoms with van der Waals surface area (Å²) in [6, 6.07) is 5.58. The van der Waals surface area contributed by atoms with Crippen LogP contribution in [0.3, 0.4) is 0 Å². The van der Waals surface area contributed by atoms with Crippen LogP contribution in [-0.4, -0.2) is 73.6 Å². The Balaban J connectivity index is 1.32. The molecule has 0 spiro atoms. The summed E-state index contributed by atoms with van der Waals surface area (Å²) >= 11 is 0. The highest BCUT2D eigenvalue weighted by atomic mass is 16.5. The van der Waals surface area contributed by atoms with Crippen molar-refractivity contribution in [2.75, 3.05) is 42.9 Å². The molecule has 4 aromatic heterocycles. The maximum absolute atomic E-state index is 12.9. The zero-order chi connectivity index (χ0) is 27.6. The van der Waals surface area contributed by atoms with E-state index in [4.69, 9.17) is 4.52 Å². The van der Waals surface area contributed by atoms with Crippen LogP contribution in [0, 0.1) is 6.92 Å². The van der Waals surface area contributed by atoms with Crippen LogP contribution in [0.5, 0.6) is 0 Å². The van der Waals surface area contributed by atoms with Crippen LogP contribution in [0.15, 0.2) is 47.5 Å². The minimum absolute atomic E-state index is 0.210. The summed E-state index contributed by atoms with van der Waals surface area (Å²) in [5.41, 5.74) is 4.20. The molecule has 0 unspecified atom stereocenters. The molecular formula is C28H35N9O2. The molecule has 0 saturated carbocycles. The Morgan fingerprint density at radius 1 is 1.08 bits per heavy atom. The van der Waals surface area contributed by atoms with E-state index in [9.17, 15) is 4.79 Å². The first-order valence-corrected chi connectivity index (χ1v) is 13.3. The molecular weight excluding hydrogens is 494 g/mol. The number of hydrogen-bond acceptors (Lipinski definition) is 9. The Morgan fingerprint density at radius 2 is 1.87 bits per heavy atom. The second-order valence-corrected chi connectivity index (χ2v) is 10.9. The third kappa shape index (κ3) is 5.98. The number of nitrogens with one attached hydrogen (secondary N) is 1.